The number of halogens is 2. The van der Waals surface area contributed by atoms with Crippen LogP contribution in [0, 0.1) is 17.6 Å². The Kier molecular flexibility index (Phi) is 9.52. The van der Waals surface area contributed by atoms with Gasteiger partial charge in [-0.3, -0.25) is 4.98 Å². The number of allylic oxidation sites excluding steroid dienone is 1. The van der Waals surface area contributed by atoms with Crippen molar-refractivity contribution in [3.05, 3.63) is 77.1 Å². The van der Waals surface area contributed by atoms with Gasteiger partial charge >= 0.3 is 0 Å². The van der Waals surface area contributed by atoms with Gasteiger partial charge in [-0.25, -0.2) is 8.78 Å². The van der Waals surface area contributed by atoms with Crippen LogP contribution in [-0.2, 0) is 6.42 Å². The maximum atomic E-state index is 14.9. The summed E-state index contributed by atoms with van der Waals surface area (Å²) in [6.45, 7) is 6.05. The summed E-state index contributed by atoms with van der Waals surface area (Å²) in [7, 11) is 0. The standard InChI is InChI=1S/C32H43F2N/c1-3-5-6-7-9-27-18-20-29(32(34)31(27)33)25-14-16-26(17-15-25)30-21-19-28(22-35-30)24-12-10-23(8-4-2)11-13-24/h4,18-26H,2-3,5-17H2,1H3. The predicted octanol–water partition coefficient (Wildman–Crippen LogP) is 9.77. The average Bonchev–Trinajstić information content (AvgIpc) is 2.90. The van der Waals surface area contributed by atoms with E-state index in [-0.39, 0.29) is 5.92 Å². The maximum absolute atomic E-state index is 14.9. The van der Waals surface area contributed by atoms with Gasteiger partial charge in [0.25, 0.3) is 0 Å². The van der Waals surface area contributed by atoms with Crippen molar-refractivity contribution in [2.45, 2.75) is 115 Å². The van der Waals surface area contributed by atoms with Crippen molar-refractivity contribution in [2.24, 2.45) is 5.92 Å². The van der Waals surface area contributed by atoms with Gasteiger partial charge in [-0.05, 0) is 111 Å². The third-order valence-electron chi connectivity index (χ3n) is 8.70. The molecule has 0 atom stereocenters. The van der Waals surface area contributed by atoms with Crippen molar-refractivity contribution < 1.29 is 8.78 Å². The minimum Gasteiger partial charge on any atom is -0.261 e. The summed E-state index contributed by atoms with van der Waals surface area (Å²) in [5, 5.41) is 0. The number of hydrogen-bond donors (Lipinski definition) is 0. The lowest BCUT2D eigenvalue weighted by Crippen LogP contribution is -2.16. The van der Waals surface area contributed by atoms with Crippen molar-refractivity contribution in [1.29, 1.82) is 0 Å². The second kappa shape index (κ2) is 12.8. The molecule has 1 aromatic carbocycles. The molecule has 0 spiro atoms. The number of pyridine rings is 1. The molecule has 2 saturated carbocycles. The Bertz CT molecular complexity index is 935. The molecule has 2 aliphatic rings. The number of hydrogen-bond acceptors (Lipinski definition) is 1. The quantitative estimate of drug-likeness (QED) is 0.244. The van der Waals surface area contributed by atoms with Crippen molar-refractivity contribution in [2.75, 3.05) is 0 Å². The first kappa shape index (κ1) is 26.0. The number of aromatic nitrogens is 1. The van der Waals surface area contributed by atoms with E-state index in [0.29, 0.717) is 29.4 Å². The second-order valence-corrected chi connectivity index (χ2v) is 11.1. The molecule has 0 aliphatic heterocycles. The highest BCUT2D eigenvalue weighted by atomic mass is 19.2. The largest absolute Gasteiger partial charge is 0.261 e. The van der Waals surface area contributed by atoms with E-state index in [1.165, 1.54) is 36.9 Å². The number of rotatable bonds is 10. The molecule has 190 valence electrons. The fourth-order valence-electron chi connectivity index (χ4n) is 6.42. The van der Waals surface area contributed by atoms with Crippen LogP contribution in [0.3, 0.4) is 0 Å². The van der Waals surface area contributed by atoms with Crippen molar-refractivity contribution in [3.63, 3.8) is 0 Å². The Hall–Kier alpha value is -2.03. The summed E-state index contributed by atoms with van der Waals surface area (Å²) in [5.74, 6) is 0.769. The summed E-state index contributed by atoms with van der Waals surface area (Å²) in [6.07, 6.45) is 19.1. The van der Waals surface area contributed by atoms with Crippen LogP contribution >= 0.6 is 0 Å². The van der Waals surface area contributed by atoms with E-state index in [1.54, 1.807) is 0 Å². The molecule has 1 heterocycles. The van der Waals surface area contributed by atoms with Gasteiger partial charge in [0.1, 0.15) is 0 Å². The van der Waals surface area contributed by atoms with Gasteiger partial charge in [0.15, 0.2) is 11.6 Å². The Morgan fingerprint density at radius 2 is 1.54 bits per heavy atom. The normalized spacial score (nSPS) is 24.9. The molecule has 0 unspecified atom stereocenters. The van der Waals surface area contributed by atoms with Crippen molar-refractivity contribution >= 4 is 0 Å². The van der Waals surface area contributed by atoms with E-state index in [9.17, 15) is 8.78 Å². The van der Waals surface area contributed by atoms with E-state index >= 15 is 0 Å². The highest BCUT2D eigenvalue weighted by Crippen LogP contribution is 2.42. The third kappa shape index (κ3) is 6.60. The molecule has 2 aliphatic carbocycles. The molecular weight excluding hydrogens is 436 g/mol. The smallest absolute Gasteiger partial charge is 0.162 e. The molecule has 0 amide bonds. The summed E-state index contributed by atoms with van der Waals surface area (Å²) in [4.78, 5) is 4.87. The fraction of sp³-hybridized carbons (Fsp3) is 0.594. The summed E-state index contributed by atoms with van der Waals surface area (Å²) in [5.41, 5.74) is 3.66. The molecule has 0 bridgehead atoms. The SMILES string of the molecule is C=CCC1CCC(c2ccc(C3CCC(c4ccc(CCCCCC)c(F)c4F)CC3)nc2)CC1. The maximum Gasteiger partial charge on any atom is 0.162 e. The van der Waals surface area contributed by atoms with Gasteiger partial charge in [-0.2, -0.15) is 0 Å². The van der Waals surface area contributed by atoms with Gasteiger partial charge < -0.3 is 0 Å². The molecule has 0 N–H and O–H groups in total. The average molecular weight is 480 g/mol. The van der Waals surface area contributed by atoms with E-state index in [2.05, 4.69) is 37.9 Å². The Labute approximate surface area is 211 Å². The third-order valence-corrected chi connectivity index (χ3v) is 8.70. The molecule has 0 radical (unpaired) electrons. The van der Waals surface area contributed by atoms with Gasteiger partial charge in [-0.1, -0.05) is 50.5 Å². The van der Waals surface area contributed by atoms with Gasteiger partial charge in [0.2, 0.25) is 0 Å². The number of nitrogens with zero attached hydrogens (tertiary/aromatic N) is 1. The first-order chi connectivity index (χ1) is 17.1. The second-order valence-electron chi connectivity index (χ2n) is 11.1. The minimum absolute atomic E-state index is 0.111. The molecule has 2 aromatic rings. The van der Waals surface area contributed by atoms with Crippen LogP contribution in [0.2, 0.25) is 0 Å². The number of aryl methyl sites for hydroxylation is 1. The Balaban J connectivity index is 1.30. The van der Waals surface area contributed by atoms with E-state index < -0.39 is 11.6 Å². The Morgan fingerprint density at radius 1 is 0.829 bits per heavy atom. The van der Waals surface area contributed by atoms with Crippen LogP contribution in [0.1, 0.15) is 131 Å². The lowest BCUT2D eigenvalue weighted by molar-refractivity contribution is 0.328. The van der Waals surface area contributed by atoms with Crippen molar-refractivity contribution in [3.8, 4) is 0 Å². The van der Waals surface area contributed by atoms with Gasteiger partial charge in [0, 0.05) is 17.8 Å². The lowest BCUT2D eigenvalue weighted by Gasteiger charge is -2.30. The highest BCUT2D eigenvalue weighted by Gasteiger charge is 2.28. The fourth-order valence-corrected chi connectivity index (χ4v) is 6.42. The summed E-state index contributed by atoms with van der Waals surface area (Å²) in [6, 6.07) is 8.21. The number of benzene rings is 1. The number of unbranched alkanes of at least 4 members (excludes halogenated alkanes) is 3. The van der Waals surface area contributed by atoms with E-state index in [4.69, 9.17) is 4.98 Å². The van der Waals surface area contributed by atoms with Crippen LogP contribution < -0.4 is 0 Å². The molecule has 3 heteroatoms. The molecule has 0 saturated heterocycles. The molecule has 1 aromatic heterocycles. The topological polar surface area (TPSA) is 12.9 Å². The van der Waals surface area contributed by atoms with Crippen LogP contribution in [0.25, 0.3) is 0 Å². The van der Waals surface area contributed by atoms with Gasteiger partial charge in [-0.15, -0.1) is 6.58 Å². The predicted molar refractivity (Wildman–Crippen MR) is 142 cm³/mol. The van der Waals surface area contributed by atoms with Crippen LogP contribution in [0.4, 0.5) is 8.78 Å². The molecular formula is C32H43F2N. The summed E-state index contributed by atoms with van der Waals surface area (Å²) >= 11 is 0. The lowest BCUT2D eigenvalue weighted by atomic mass is 9.76. The zero-order chi connectivity index (χ0) is 24.6. The first-order valence-corrected chi connectivity index (χ1v) is 14.1. The molecule has 1 nitrogen and oxygen atoms in total. The molecule has 4 rings (SSSR count). The van der Waals surface area contributed by atoms with Crippen LogP contribution in [-0.4, -0.2) is 4.98 Å². The van der Waals surface area contributed by atoms with Crippen LogP contribution in [0.5, 0.6) is 0 Å². The summed E-state index contributed by atoms with van der Waals surface area (Å²) < 4.78 is 29.7. The monoisotopic (exact) mass is 479 g/mol. The van der Waals surface area contributed by atoms with Crippen LogP contribution in [0.15, 0.2) is 43.1 Å². The Morgan fingerprint density at radius 3 is 2.20 bits per heavy atom. The zero-order valence-electron chi connectivity index (χ0n) is 21.6. The van der Waals surface area contributed by atoms with E-state index in [1.807, 2.05) is 12.1 Å². The first-order valence-electron chi connectivity index (χ1n) is 14.1. The highest BCUT2D eigenvalue weighted by molar-refractivity contribution is 5.30. The van der Waals surface area contributed by atoms with E-state index in [0.717, 1.165) is 63.7 Å². The van der Waals surface area contributed by atoms with Crippen molar-refractivity contribution in [1.82, 2.24) is 4.98 Å². The molecule has 2 fully saturated rings. The van der Waals surface area contributed by atoms with Gasteiger partial charge in [0.05, 0.1) is 0 Å². The zero-order valence-corrected chi connectivity index (χ0v) is 21.6. The molecule has 35 heavy (non-hydrogen) atoms. The minimum atomic E-state index is -0.614.